The number of benzene rings is 2. The third-order valence-corrected chi connectivity index (χ3v) is 5.05. The van der Waals surface area contributed by atoms with Crippen LogP contribution < -0.4 is 4.74 Å². The van der Waals surface area contributed by atoms with Crippen molar-refractivity contribution in [3.05, 3.63) is 64.4 Å². The first-order chi connectivity index (χ1) is 12.4. The number of ether oxygens (including phenoxy) is 1. The third kappa shape index (κ3) is 3.56. The van der Waals surface area contributed by atoms with E-state index >= 15 is 0 Å². The Balaban J connectivity index is 2.27. The maximum absolute atomic E-state index is 5.39. The Morgan fingerprint density at radius 3 is 2.23 bits per heavy atom. The maximum Gasteiger partial charge on any atom is 0.144 e. The third-order valence-electron chi connectivity index (χ3n) is 4.59. The van der Waals surface area contributed by atoms with Gasteiger partial charge in [0.2, 0.25) is 0 Å². The lowest BCUT2D eigenvalue weighted by Crippen LogP contribution is -2.08. The SMILES string of the molecule is COc1cccc(-c2nccn2-c2c(C(C)C)cc(Br)cc2C(C)C)c1. The summed E-state index contributed by atoms with van der Waals surface area (Å²) in [5, 5.41) is 0. The molecule has 0 radical (unpaired) electrons. The molecule has 0 atom stereocenters. The molecular formula is C22H25BrN2O. The Morgan fingerprint density at radius 1 is 1.00 bits per heavy atom. The monoisotopic (exact) mass is 412 g/mol. The number of aromatic nitrogens is 2. The van der Waals surface area contributed by atoms with Gasteiger partial charge < -0.3 is 4.74 Å². The zero-order chi connectivity index (χ0) is 18.8. The minimum atomic E-state index is 0.403. The molecule has 0 bridgehead atoms. The quantitative estimate of drug-likeness (QED) is 0.474. The van der Waals surface area contributed by atoms with E-state index in [1.807, 2.05) is 24.4 Å². The molecule has 0 amide bonds. The summed E-state index contributed by atoms with van der Waals surface area (Å²) in [5.74, 6) is 2.57. The minimum Gasteiger partial charge on any atom is -0.497 e. The molecule has 0 aliphatic heterocycles. The van der Waals surface area contributed by atoms with Gasteiger partial charge in [0.05, 0.1) is 12.8 Å². The van der Waals surface area contributed by atoms with Gasteiger partial charge in [-0.2, -0.15) is 0 Å². The molecule has 2 aromatic carbocycles. The van der Waals surface area contributed by atoms with Gasteiger partial charge in [0, 0.05) is 22.4 Å². The lowest BCUT2D eigenvalue weighted by Gasteiger charge is -2.22. The van der Waals surface area contributed by atoms with Crippen molar-refractivity contribution in [2.75, 3.05) is 7.11 Å². The highest BCUT2D eigenvalue weighted by molar-refractivity contribution is 9.10. The molecule has 0 unspecified atom stereocenters. The van der Waals surface area contributed by atoms with Crippen LogP contribution in [0.4, 0.5) is 0 Å². The largest absolute Gasteiger partial charge is 0.497 e. The summed E-state index contributed by atoms with van der Waals surface area (Å²) in [6, 6.07) is 12.5. The molecule has 1 heterocycles. The Hall–Kier alpha value is -2.07. The van der Waals surface area contributed by atoms with Crippen LogP contribution in [0.15, 0.2) is 53.3 Å². The van der Waals surface area contributed by atoms with Gasteiger partial charge in [0.25, 0.3) is 0 Å². The fraction of sp³-hybridized carbons (Fsp3) is 0.318. The fourth-order valence-corrected chi connectivity index (χ4v) is 3.75. The maximum atomic E-state index is 5.39. The molecule has 0 aliphatic carbocycles. The highest BCUT2D eigenvalue weighted by Crippen LogP contribution is 2.36. The fourth-order valence-electron chi connectivity index (χ4n) is 3.26. The molecule has 0 saturated carbocycles. The van der Waals surface area contributed by atoms with E-state index < -0.39 is 0 Å². The zero-order valence-electron chi connectivity index (χ0n) is 16.0. The molecule has 3 nitrogen and oxygen atoms in total. The topological polar surface area (TPSA) is 27.1 Å². The second-order valence-corrected chi connectivity index (χ2v) is 8.01. The Labute approximate surface area is 164 Å². The van der Waals surface area contributed by atoms with Gasteiger partial charge in [-0.1, -0.05) is 55.8 Å². The van der Waals surface area contributed by atoms with E-state index in [1.54, 1.807) is 7.11 Å². The Bertz CT molecular complexity index is 883. The number of imidazole rings is 1. The van der Waals surface area contributed by atoms with Gasteiger partial charge in [-0.15, -0.1) is 0 Å². The van der Waals surface area contributed by atoms with E-state index in [9.17, 15) is 0 Å². The molecule has 0 saturated heterocycles. The van der Waals surface area contributed by atoms with Crippen molar-refractivity contribution in [1.82, 2.24) is 9.55 Å². The number of hydrogen-bond donors (Lipinski definition) is 0. The van der Waals surface area contributed by atoms with Crippen LogP contribution in [-0.2, 0) is 0 Å². The van der Waals surface area contributed by atoms with Crippen LogP contribution >= 0.6 is 15.9 Å². The average molecular weight is 413 g/mol. The van der Waals surface area contributed by atoms with E-state index in [2.05, 4.69) is 77.6 Å². The zero-order valence-corrected chi connectivity index (χ0v) is 17.5. The summed E-state index contributed by atoms with van der Waals surface area (Å²) >= 11 is 3.69. The van der Waals surface area contributed by atoms with E-state index in [-0.39, 0.29) is 0 Å². The molecule has 0 aliphatic rings. The van der Waals surface area contributed by atoms with Crippen LogP contribution in [0.25, 0.3) is 17.1 Å². The Kier molecular flexibility index (Phi) is 5.52. The lowest BCUT2D eigenvalue weighted by atomic mass is 9.92. The molecule has 0 N–H and O–H groups in total. The van der Waals surface area contributed by atoms with Crippen molar-refractivity contribution >= 4 is 15.9 Å². The van der Waals surface area contributed by atoms with Gasteiger partial charge >= 0.3 is 0 Å². The van der Waals surface area contributed by atoms with Crippen LogP contribution in [0.2, 0.25) is 0 Å². The van der Waals surface area contributed by atoms with Gasteiger partial charge in [-0.05, 0) is 47.2 Å². The standard InChI is InChI=1S/C22H25BrN2O/c1-14(2)19-12-17(23)13-20(15(3)4)21(19)25-10-9-24-22(25)16-7-6-8-18(11-16)26-5/h6-15H,1-5H3. The lowest BCUT2D eigenvalue weighted by molar-refractivity contribution is 0.415. The number of hydrogen-bond acceptors (Lipinski definition) is 2. The molecule has 1 aromatic heterocycles. The Morgan fingerprint density at radius 2 is 1.65 bits per heavy atom. The summed E-state index contributed by atoms with van der Waals surface area (Å²) < 4.78 is 8.73. The van der Waals surface area contributed by atoms with Gasteiger partial charge in [0.1, 0.15) is 11.6 Å². The van der Waals surface area contributed by atoms with Crippen molar-refractivity contribution in [3.8, 4) is 22.8 Å². The summed E-state index contributed by atoms with van der Waals surface area (Å²) in [6.07, 6.45) is 3.92. The predicted octanol–water partition coefficient (Wildman–Crippen LogP) is 6.56. The predicted molar refractivity (Wildman–Crippen MR) is 111 cm³/mol. The summed E-state index contributed by atoms with van der Waals surface area (Å²) in [5.41, 5.74) is 4.89. The van der Waals surface area contributed by atoms with Gasteiger partial charge in [-0.25, -0.2) is 4.98 Å². The van der Waals surface area contributed by atoms with Gasteiger partial charge in [0.15, 0.2) is 0 Å². The van der Waals surface area contributed by atoms with Gasteiger partial charge in [-0.3, -0.25) is 4.57 Å². The minimum absolute atomic E-state index is 0.403. The second-order valence-electron chi connectivity index (χ2n) is 7.10. The van der Waals surface area contributed by atoms with Crippen molar-refractivity contribution in [2.24, 2.45) is 0 Å². The van der Waals surface area contributed by atoms with Crippen molar-refractivity contribution < 1.29 is 4.74 Å². The van der Waals surface area contributed by atoms with E-state index in [0.29, 0.717) is 11.8 Å². The van der Waals surface area contributed by atoms with Crippen LogP contribution in [0.5, 0.6) is 5.75 Å². The highest BCUT2D eigenvalue weighted by Gasteiger charge is 2.20. The summed E-state index contributed by atoms with van der Waals surface area (Å²) in [4.78, 5) is 4.66. The summed E-state index contributed by atoms with van der Waals surface area (Å²) in [6.45, 7) is 8.93. The van der Waals surface area contributed by atoms with Crippen LogP contribution in [0.1, 0.15) is 50.7 Å². The molecule has 136 valence electrons. The van der Waals surface area contributed by atoms with Crippen molar-refractivity contribution in [2.45, 2.75) is 39.5 Å². The number of nitrogens with zero attached hydrogens (tertiary/aromatic N) is 2. The molecule has 3 aromatic rings. The molecule has 0 spiro atoms. The smallest absolute Gasteiger partial charge is 0.144 e. The average Bonchev–Trinajstić information content (AvgIpc) is 3.10. The van der Waals surface area contributed by atoms with E-state index in [1.165, 1.54) is 16.8 Å². The molecular weight excluding hydrogens is 388 g/mol. The number of halogens is 1. The normalized spacial score (nSPS) is 11.4. The van der Waals surface area contributed by atoms with Crippen LogP contribution in [0, 0.1) is 0 Å². The first-order valence-electron chi connectivity index (χ1n) is 8.93. The highest BCUT2D eigenvalue weighted by atomic mass is 79.9. The molecule has 26 heavy (non-hydrogen) atoms. The molecule has 4 heteroatoms. The van der Waals surface area contributed by atoms with E-state index in [0.717, 1.165) is 21.6 Å². The molecule has 0 fully saturated rings. The summed E-state index contributed by atoms with van der Waals surface area (Å²) in [7, 11) is 1.69. The van der Waals surface area contributed by atoms with Crippen LogP contribution in [-0.4, -0.2) is 16.7 Å². The van der Waals surface area contributed by atoms with E-state index in [4.69, 9.17) is 4.74 Å². The first-order valence-corrected chi connectivity index (χ1v) is 9.73. The van der Waals surface area contributed by atoms with Crippen LogP contribution in [0.3, 0.4) is 0 Å². The second kappa shape index (κ2) is 7.67. The van der Waals surface area contributed by atoms with Crippen molar-refractivity contribution in [1.29, 1.82) is 0 Å². The number of rotatable bonds is 5. The first kappa shape index (κ1) is 18.7. The van der Waals surface area contributed by atoms with Crippen molar-refractivity contribution in [3.63, 3.8) is 0 Å². The number of methoxy groups -OCH3 is 1. The molecule has 3 rings (SSSR count).